The second-order valence-electron chi connectivity index (χ2n) is 8.38. The molecule has 8 heteroatoms. The number of phenolic OH excluding ortho intramolecular Hbond substituents is 1. The van der Waals surface area contributed by atoms with E-state index in [2.05, 4.69) is 21.5 Å². The number of amides is 1. The van der Waals surface area contributed by atoms with E-state index in [1.807, 2.05) is 42.5 Å². The number of benzene rings is 3. The molecule has 1 aliphatic heterocycles. The fraction of sp³-hybridized carbons (Fsp3) is 0.259. The summed E-state index contributed by atoms with van der Waals surface area (Å²) in [5, 5.41) is 14.0. The van der Waals surface area contributed by atoms with E-state index in [-0.39, 0.29) is 11.7 Å². The van der Waals surface area contributed by atoms with Gasteiger partial charge in [0.15, 0.2) is 11.5 Å². The van der Waals surface area contributed by atoms with Crippen LogP contribution in [-0.4, -0.2) is 57.6 Å². The molecule has 1 aliphatic rings. The molecular formula is C27H31N4O4+. The third-order valence-electron chi connectivity index (χ3n) is 6.19. The van der Waals surface area contributed by atoms with Crippen LogP contribution < -0.4 is 24.7 Å². The van der Waals surface area contributed by atoms with Crippen molar-refractivity contribution >= 4 is 17.8 Å². The van der Waals surface area contributed by atoms with Crippen molar-refractivity contribution in [3.05, 3.63) is 83.4 Å². The van der Waals surface area contributed by atoms with Gasteiger partial charge in [-0.05, 0) is 36.4 Å². The number of aromatic hydroxyl groups is 1. The smallest absolute Gasteiger partial charge is 0.271 e. The van der Waals surface area contributed by atoms with E-state index in [0.29, 0.717) is 16.9 Å². The summed E-state index contributed by atoms with van der Waals surface area (Å²) in [6, 6.07) is 20.8. The predicted molar refractivity (Wildman–Crippen MR) is 136 cm³/mol. The molecule has 0 saturated carbocycles. The molecule has 35 heavy (non-hydrogen) atoms. The number of nitrogens with zero attached hydrogens (tertiary/aromatic N) is 2. The molecule has 0 aromatic heterocycles. The third-order valence-corrected chi connectivity index (χ3v) is 6.19. The lowest BCUT2D eigenvalue weighted by Gasteiger charge is -2.34. The first-order chi connectivity index (χ1) is 17.1. The minimum atomic E-state index is -0.312. The first-order valence-corrected chi connectivity index (χ1v) is 11.6. The fourth-order valence-electron chi connectivity index (χ4n) is 4.23. The molecule has 182 valence electrons. The molecule has 1 fully saturated rings. The molecule has 0 aliphatic carbocycles. The maximum absolute atomic E-state index is 12.4. The molecular weight excluding hydrogens is 444 g/mol. The van der Waals surface area contributed by atoms with E-state index < -0.39 is 0 Å². The summed E-state index contributed by atoms with van der Waals surface area (Å²) < 4.78 is 10.6. The first-order valence-electron chi connectivity index (χ1n) is 11.6. The molecule has 0 spiro atoms. The van der Waals surface area contributed by atoms with Gasteiger partial charge in [0.1, 0.15) is 12.3 Å². The highest BCUT2D eigenvalue weighted by Crippen LogP contribution is 2.28. The number of para-hydroxylation sites is 3. The van der Waals surface area contributed by atoms with Crippen LogP contribution in [0.5, 0.6) is 17.2 Å². The molecule has 8 nitrogen and oxygen atoms in total. The van der Waals surface area contributed by atoms with Crippen molar-refractivity contribution in [2.24, 2.45) is 5.10 Å². The van der Waals surface area contributed by atoms with Crippen LogP contribution in [0.3, 0.4) is 0 Å². The van der Waals surface area contributed by atoms with Crippen molar-refractivity contribution in [3.63, 3.8) is 0 Å². The number of hydrogen-bond acceptors (Lipinski definition) is 6. The second-order valence-corrected chi connectivity index (χ2v) is 8.38. The monoisotopic (exact) mass is 475 g/mol. The van der Waals surface area contributed by atoms with Gasteiger partial charge in [-0.15, -0.1) is 0 Å². The van der Waals surface area contributed by atoms with E-state index in [1.165, 1.54) is 23.8 Å². The Kier molecular flexibility index (Phi) is 7.84. The van der Waals surface area contributed by atoms with E-state index in [0.717, 1.165) is 44.2 Å². The Morgan fingerprint density at radius 3 is 2.40 bits per heavy atom. The zero-order valence-corrected chi connectivity index (χ0v) is 20.0. The number of quaternary nitrogens is 1. The van der Waals surface area contributed by atoms with Crippen LogP contribution in [0.4, 0.5) is 5.69 Å². The van der Waals surface area contributed by atoms with Crippen LogP contribution in [-0.2, 0) is 6.54 Å². The summed E-state index contributed by atoms with van der Waals surface area (Å²) in [7, 11) is 3.19. The van der Waals surface area contributed by atoms with Crippen LogP contribution in [0.1, 0.15) is 21.5 Å². The topological polar surface area (TPSA) is 87.8 Å². The quantitative estimate of drug-likeness (QED) is 0.343. The van der Waals surface area contributed by atoms with Crippen molar-refractivity contribution in [3.8, 4) is 17.2 Å². The minimum Gasteiger partial charge on any atom is -0.504 e. The number of anilines is 1. The highest BCUT2D eigenvalue weighted by Gasteiger charge is 2.22. The molecule has 3 aromatic carbocycles. The molecule has 3 aromatic rings. The van der Waals surface area contributed by atoms with Crippen LogP contribution in [0.15, 0.2) is 71.8 Å². The third kappa shape index (κ3) is 5.91. The standard InChI is InChI=1S/C27H30N4O4/c1-34-24-8-4-3-7-23(24)31-16-14-30(15-17-31)19-20-10-12-21(13-11-20)27(33)29-28-18-22-6-5-9-25(35-2)26(22)32/h3-13,18,32H,14-17,19H2,1-2H3,(H,29,33)/p+1/b28-18+. The summed E-state index contributed by atoms with van der Waals surface area (Å²) in [5.41, 5.74) is 5.81. The van der Waals surface area contributed by atoms with Crippen molar-refractivity contribution in [2.75, 3.05) is 45.3 Å². The Bertz CT molecular complexity index is 1170. The Morgan fingerprint density at radius 2 is 1.69 bits per heavy atom. The van der Waals surface area contributed by atoms with Crippen molar-refractivity contribution in [2.45, 2.75) is 6.54 Å². The number of piperazine rings is 1. The number of carbonyl (C=O) groups is 1. The van der Waals surface area contributed by atoms with Gasteiger partial charge in [0.05, 0.1) is 52.3 Å². The maximum Gasteiger partial charge on any atom is 0.271 e. The number of methoxy groups -OCH3 is 2. The lowest BCUT2D eigenvalue weighted by atomic mass is 10.1. The van der Waals surface area contributed by atoms with Gasteiger partial charge >= 0.3 is 0 Å². The first kappa shape index (κ1) is 24.1. The Labute approximate surface area is 205 Å². The van der Waals surface area contributed by atoms with E-state index in [4.69, 9.17) is 9.47 Å². The van der Waals surface area contributed by atoms with Gasteiger partial charge in [-0.3, -0.25) is 4.79 Å². The van der Waals surface area contributed by atoms with Crippen LogP contribution in [0, 0.1) is 0 Å². The summed E-state index contributed by atoms with van der Waals surface area (Å²) >= 11 is 0. The van der Waals surface area contributed by atoms with Crippen molar-refractivity contribution < 1.29 is 24.3 Å². The van der Waals surface area contributed by atoms with Crippen LogP contribution in [0.25, 0.3) is 0 Å². The van der Waals surface area contributed by atoms with Crippen molar-refractivity contribution in [1.29, 1.82) is 0 Å². The van der Waals surface area contributed by atoms with Gasteiger partial charge in [-0.1, -0.05) is 30.3 Å². The fourth-order valence-corrected chi connectivity index (χ4v) is 4.23. The molecule has 0 atom stereocenters. The lowest BCUT2D eigenvalue weighted by Crippen LogP contribution is -3.13. The molecule has 4 rings (SSSR count). The van der Waals surface area contributed by atoms with E-state index in [9.17, 15) is 9.90 Å². The molecule has 0 unspecified atom stereocenters. The van der Waals surface area contributed by atoms with Gasteiger partial charge in [0.2, 0.25) is 0 Å². The SMILES string of the molecule is COc1ccccc1N1CC[NH+](Cc2ccc(C(=O)N/N=C/c3cccc(OC)c3O)cc2)CC1. The highest BCUT2D eigenvalue weighted by atomic mass is 16.5. The number of hydrogen-bond donors (Lipinski definition) is 3. The Balaban J connectivity index is 1.28. The number of ether oxygens (including phenoxy) is 2. The van der Waals surface area contributed by atoms with Gasteiger partial charge in [0.25, 0.3) is 5.91 Å². The normalized spacial score (nSPS) is 14.2. The minimum absolute atomic E-state index is 0.0245. The largest absolute Gasteiger partial charge is 0.504 e. The number of rotatable bonds is 8. The van der Waals surface area contributed by atoms with Gasteiger partial charge < -0.3 is 24.4 Å². The molecule has 1 saturated heterocycles. The Hall–Kier alpha value is -4.04. The highest BCUT2D eigenvalue weighted by molar-refractivity contribution is 5.95. The molecule has 3 N–H and O–H groups in total. The summed E-state index contributed by atoms with van der Waals surface area (Å²) in [6.45, 7) is 4.92. The van der Waals surface area contributed by atoms with Gasteiger partial charge in [-0.25, -0.2) is 5.43 Å². The number of phenols is 1. The zero-order chi connectivity index (χ0) is 24.6. The molecule has 1 heterocycles. The van der Waals surface area contributed by atoms with Gasteiger partial charge in [0, 0.05) is 16.7 Å². The molecule has 0 radical (unpaired) electrons. The lowest BCUT2D eigenvalue weighted by molar-refractivity contribution is -0.914. The van der Waals surface area contributed by atoms with Crippen LogP contribution in [0.2, 0.25) is 0 Å². The zero-order valence-electron chi connectivity index (χ0n) is 20.0. The van der Waals surface area contributed by atoms with Crippen LogP contribution >= 0.6 is 0 Å². The van der Waals surface area contributed by atoms with E-state index in [1.54, 1.807) is 25.3 Å². The second kappa shape index (κ2) is 11.4. The molecule has 1 amide bonds. The number of nitrogens with one attached hydrogen (secondary N) is 2. The Morgan fingerprint density at radius 1 is 1.00 bits per heavy atom. The maximum atomic E-state index is 12.4. The van der Waals surface area contributed by atoms with E-state index >= 15 is 0 Å². The molecule has 0 bridgehead atoms. The van der Waals surface area contributed by atoms with Crippen molar-refractivity contribution in [1.82, 2.24) is 5.43 Å². The summed E-state index contributed by atoms with van der Waals surface area (Å²) in [5.74, 6) is 0.921. The summed E-state index contributed by atoms with van der Waals surface area (Å²) in [4.78, 5) is 16.3. The van der Waals surface area contributed by atoms with Gasteiger partial charge in [-0.2, -0.15) is 5.10 Å². The predicted octanol–water partition coefficient (Wildman–Crippen LogP) is 2.08. The average molecular weight is 476 g/mol. The average Bonchev–Trinajstić information content (AvgIpc) is 2.90. The number of carbonyl (C=O) groups excluding carboxylic acids is 1. The number of hydrazone groups is 1. The summed E-state index contributed by atoms with van der Waals surface area (Å²) in [6.07, 6.45) is 1.39.